The molecule has 0 aliphatic rings. The minimum absolute atomic E-state index is 0.0332. The Morgan fingerprint density at radius 1 is 0.733 bits per heavy atom. The highest BCUT2D eigenvalue weighted by Gasteiger charge is 2.15. The molecule has 0 fully saturated rings. The third kappa shape index (κ3) is 3.42. The number of hydrogen-bond donors (Lipinski definition) is 1. The standard InChI is InChI=1S/C24H16FN3OS/c25-18-10-6-17(7-11-18)22-14-26-23-21(15-27-28(23)24(22)29)16-8-12-20(13-9-16)30-19-4-2-1-3-5-19/h1-15,29H. The normalized spacial score (nSPS) is 11.1. The van der Waals surface area contributed by atoms with Gasteiger partial charge in [0.1, 0.15) is 5.82 Å². The summed E-state index contributed by atoms with van der Waals surface area (Å²) in [5, 5.41) is 15.0. The molecule has 6 heteroatoms. The van der Waals surface area contributed by atoms with Crippen molar-refractivity contribution >= 4 is 17.4 Å². The van der Waals surface area contributed by atoms with Crippen molar-refractivity contribution in [3.63, 3.8) is 0 Å². The summed E-state index contributed by atoms with van der Waals surface area (Å²) in [6, 6.07) is 24.3. The Morgan fingerprint density at radius 3 is 2.10 bits per heavy atom. The molecule has 30 heavy (non-hydrogen) atoms. The lowest BCUT2D eigenvalue weighted by molar-refractivity contribution is 0.437. The van der Waals surface area contributed by atoms with Crippen LogP contribution in [0.1, 0.15) is 0 Å². The van der Waals surface area contributed by atoms with E-state index in [0.29, 0.717) is 16.8 Å². The first kappa shape index (κ1) is 18.4. The lowest BCUT2D eigenvalue weighted by Crippen LogP contribution is -1.94. The van der Waals surface area contributed by atoms with Crippen molar-refractivity contribution in [1.29, 1.82) is 0 Å². The molecule has 0 aliphatic carbocycles. The summed E-state index contributed by atoms with van der Waals surface area (Å²) in [5.41, 5.74) is 3.51. The second kappa shape index (κ2) is 7.65. The summed E-state index contributed by atoms with van der Waals surface area (Å²) in [6.07, 6.45) is 3.28. The van der Waals surface area contributed by atoms with Gasteiger partial charge in [-0.1, -0.05) is 54.2 Å². The zero-order valence-corrected chi connectivity index (χ0v) is 16.6. The highest BCUT2D eigenvalue weighted by Crippen LogP contribution is 2.34. The minimum Gasteiger partial charge on any atom is -0.493 e. The molecule has 0 radical (unpaired) electrons. The predicted octanol–water partition coefficient (Wildman–Crippen LogP) is 6.06. The number of fused-ring (bicyclic) bond motifs is 1. The topological polar surface area (TPSA) is 50.4 Å². The zero-order valence-electron chi connectivity index (χ0n) is 15.7. The van der Waals surface area contributed by atoms with E-state index >= 15 is 0 Å². The first-order chi connectivity index (χ1) is 14.7. The van der Waals surface area contributed by atoms with Crippen LogP contribution in [0.4, 0.5) is 4.39 Å². The van der Waals surface area contributed by atoms with Crippen LogP contribution in [0.3, 0.4) is 0 Å². The van der Waals surface area contributed by atoms with E-state index in [2.05, 4.69) is 34.3 Å². The van der Waals surface area contributed by atoms with Crippen LogP contribution in [0.5, 0.6) is 5.88 Å². The predicted molar refractivity (Wildman–Crippen MR) is 116 cm³/mol. The molecule has 0 spiro atoms. The van der Waals surface area contributed by atoms with E-state index in [1.807, 2.05) is 30.3 Å². The molecular formula is C24H16FN3OS. The molecule has 2 aromatic heterocycles. The van der Waals surface area contributed by atoms with Crippen molar-refractivity contribution in [3.8, 4) is 28.1 Å². The fourth-order valence-electron chi connectivity index (χ4n) is 3.28. The number of rotatable bonds is 4. The number of aromatic nitrogens is 3. The van der Waals surface area contributed by atoms with Crippen molar-refractivity contribution in [1.82, 2.24) is 14.6 Å². The van der Waals surface area contributed by atoms with Crippen molar-refractivity contribution in [3.05, 3.63) is 97.1 Å². The maximum absolute atomic E-state index is 13.2. The molecule has 3 aromatic carbocycles. The van der Waals surface area contributed by atoms with Crippen LogP contribution in [-0.4, -0.2) is 19.7 Å². The first-order valence-electron chi connectivity index (χ1n) is 9.34. The van der Waals surface area contributed by atoms with Gasteiger partial charge in [0.25, 0.3) is 0 Å². The highest BCUT2D eigenvalue weighted by molar-refractivity contribution is 7.99. The second-order valence-corrected chi connectivity index (χ2v) is 7.88. The number of hydrogen-bond acceptors (Lipinski definition) is 4. The molecule has 0 bridgehead atoms. The Hall–Kier alpha value is -3.64. The fourth-order valence-corrected chi connectivity index (χ4v) is 4.12. The molecule has 5 rings (SSSR count). The van der Waals surface area contributed by atoms with Crippen molar-refractivity contribution in [2.45, 2.75) is 9.79 Å². The third-order valence-corrected chi connectivity index (χ3v) is 5.82. The largest absolute Gasteiger partial charge is 0.493 e. The summed E-state index contributed by atoms with van der Waals surface area (Å²) in [7, 11) is 0. The van der Waals surface area contributed by atoms with E-state index in [1.165, 1.54) is 21.5 Å². The third-order valence-electron chi connectivity index (χ3n) is 4.80. The van der Waals surface area contributed by atoms with E-state index in [1.54, 1.807) is 36.3 Å². The van der Waals surface area contributed by atoms with Gasteiger partial charge in [-0.25, -0.2) is 9.37 Å². The smallest absolute Gasteiger partial charge is 0.223 e. The molecule has 146 valence electrons. The lowest BCUT2D eigenvalue weighted by atomic mass is 10.1. The zero-order chi connectivity index (χ0) is 20.5. The molecule has 1 N–H and O–H groups in total. The van der Waals surface area contributed by atoms with Gasteiger partial charge >= 0.3 is 0 Å². The molecule has 0 saturated carbocycles. The van der Waals surface area contributed by atoms with E-state index < -0.39 is 0 Å². The van der Waals surface area contributed by atoms with Gasteiger partial charge in [-0.05, 0) is 47.5 Å². The second-order valence-electron chi connectivity index (χ2n) is 6.74. The monoisotopic (exact) mass is 413 g/mol. The van der Waals surface area contributed by atoms with Crippen LogP contribution in [0.2, 0.25) is 0 Å². The van der Waals surface area contributed by atoms with Crippen molar-refractivity contribution < 1.29 is 9.50 Å². The number of halogens is 1. The molecule has 4 nitrogen and oxygen atoms in total. The van der Waals surface area contributed by atoms with Gasteiger partial charge in [-0.3, -0.25) is 0 Å². The van der Waals surface area contributed by atoms with Gasteiger partial charge in [-0.2, -0.15) is 9.61 Å². The van der Waals surface area contributed by atoms with E-state index in [4.69, 9.17) is 0 Å². The molecule has 0 saturated heterocycles. The number of aromatic hydroxyl groups is 1. The molecule has 0 atom stereocenters. The Morgan fingerprint density at radius 2 is 1.37 bits per heavy atom. The summed E-state index contributed by atoms with van der Waals surface area (Å²) >= 11 is 1.70. The van der Waals surface area contributed by atoms with Crippen LogP contribution in [-0.2, 0) is 0 Å². The van der Waals surface area contributed by atoms with Gasteiger partial charge in [0.05, 0.1) is 11.8 Å². The molecule has 5 aromatic rings. The Kier molecular flexibility index (Phi) is 4.69. The van der Waals surface area contributed by atoms with E-state index in [0.717, 1.165) is 16.0 Å². The van der Waals surface area contributed by atoms with Crippen LogP contribution >= 0.6 is 11.8 Å². The van der Waals surface area contributed by atoms with Crippen LogP contribution in [0, 0.1) is 5.82 Å². The van der Waals surface area contributed by atoms with Gasteiger partial charge in [-0.15, -0.1) is 0 Å². The van der Waals surface area contributed by atoms with Gasteiger partial charge in [0, 0.05) is 21.6 Å². The molecular weight excluding hydrogens is 397 g/mol. The van der Waals surface area contributed by atoms with Gasteiger partial charge < -0.3 is 5.11 Å². The Labute approximate surface area is 176 Å². The summed E-state index contributed by atoms with van der Waals surface area (Å²) in [4.78, 5) is 6.83. The number of nitrogens with zero attached hydrogens (tertiary/aromatic N) is 3. The first-order valence-corrected chi connectivity index (χ1v) is 10.2. The average Bonchev–Trinajstić information content (AvgIpc) is 3.21. The maximum atomic E-state index is 13.2. The molecule has 0 unspecified atom stereocenters. The minimum atomic E-state index is -0.331. The lowest BCUT2D eigenvalue weighted by Gasteiger charge is -2.07. The quantitative estimate of drug-likeness (QED) is 0.389. The van der Waals surface area contributed by atoms with Gasteiger partial charge in [0.15, 0.2) is 5.65 Å². The van der Waals surface area contributed by atoms with Crippen LogP contribution in [0.25, 0.3) is 27.9 Å². The van der Waals surface area contributed by atoms with Crippen molar-refractivity contribution in [2.75, 3.05) is 0 Å². The summed E-state index contributed by atoms with van der Waals surface area (Å²) in [6.45, 7) is 0. The van der Waals surface area contributed by atoms with Crippen LogP contribution in [0.15, 0.2) is 101 Å². The molecule has 0 amide bonds. The Bertz CT molecular complexity index is 1320. The van der Waals surface area contributed by atoms with Crippen molar-refractivity contribution in [2.24, 2.45) is 0 Å². The maximum Gasteiger partial charge on any atom is 0.223 e. The highest BCUT2D eigenvalue weighted by atomic mass is 32.2. The van der Waals surface area contributed by atoms with Crippen LogP contribution < -0.4 is 0 Å². The Balaban J connectivity index is 1.48. The number of benzene rings is 3. The van der Waals surface area contributed by atoms with Gasteiger partial charge in [0.2, 0.25) is 5.88 Å². The van der Waals surface area contributed by atoms with E-state index in [-0.39, 0.29) is 11.7 Å². The summed E-state index contributed by atoms with van der Waals surface area (Å²) in [5.74, 6) is -0.364. The molecule has 0 aliphatic heterocycles. The SMILES string of the molecule is Oc1c(-c2ccc(F)cc2)cnc2c(-c3ccc(Sc4ccccc4)cc3)cnn12. The fraction of sp³-hybridized carbons (Fsp3) is 0. The van der Waals surface area contributed by atoms with E-state index in [9.17, 15) is 9.50 Å². The molecule has 2 heterocycles. The summed E-state index contributed by atoms with van der Waals surface area (Å²) < 4.78 is 14.6. The average molecular weight is 413 g/mol.